The molecule has 3 aliphatic rings. The van der Waals surface area contributed by atoms with Gasteiger partial charge in [-0.15, -0.1) is 0 Å². The first kappa shape index (κ1) is 25.6. The zero-order chi connectivity index (χ0) is 21.5. The largest absolute Gasteiger partial charge is 0.356 e. The van der Waals surface area contributed by atoms with Crippen molar-refractivity contribution in [1.29, 1.82) is 0 Å². The van der Waals surface area contributed by atoms with Crippen molar-refractivity contribution >= 4 is 17.6 Å². The number of carbonyl (C=O) groups is 3. The van der Waals surface area contributed by atoms with Crippen molar-refractivity contribution in [3.63, 3.8) is 0 Å². The smallest absolute Gasteiger partial charge is 0.220 e. The minimum absolute atomic E-state index is 0. The third-order valence-electron chi connectivity index (χ3n) is 6.19. The Balaban J connectivity index is 0. The molecule has 0 spiro atoms. The highest BCUT2D eigenvalue weighted by Gasteiger charge is 2.12. The molecule has 0 radical (unpaired) electrons. The van der Waals surface area contributed by atoms with Gasteiger partial charge in [-0.3, -0.25) is 14.4 Å². The third kappa shape index (κ3) is 14.3. The number of nitrogens with one attached hydrogen (secondary N) is 2. The average molecular weight is 413 g/mol. The Hall–Kier alpha value is -1.39. The molecule has 0 aromatic carbocycles. The fourth-order valence-corrected chi connectivity index (χ4v) is 3.91. The van der Waals surface area contributed by atoms with E-state index in [2.05, 4.69) is 31.4 Å². The summed E-state index contributed by atoms with van der Waals surface area (Å²) in [5.74, 6) is 3.25. The van der Waals surface area contributed by atoms with E-state index in [0.29, 0.717) is 5.78 Å². The topological polar surface area (TPSA) is 75.3 Å². The summed E-state index contributed by atoms with van der Waals surface area (Å²) in [6.45, 7) is 8.46. The molecule has 1 saturated carbocycles. The monoisotopic (exact) mass is 412 g/mol. The first-order valence-corrected chi connectivity index (χ1v) is 11.9. The molecular weight excluding hydrogens is 364 g/mol. The Labute approximate surface area is 181 Å². The maximum atomic E-state index is 10.9. The molecule has 3 unspecified atom stereocenters. The molecular formula is C24H48N2O3. The van der Waals surface area contributed by atoms with Gasteiger partial charge < -0.3 is 10.6 Å². The highest BCUT2D eigenvalue weighted by atomic mass is 16.2. The predicted molar refractivity (Wildman–Crippen MR) is 123 cm³/mol. The van der Waals surface area contributed by atoms with Crippen molar-refractivity contribution in [3.8, 4) is 0 Å². The van der Waals surface area contributed by atoms with E-state index in [-0.39, 0.29) is 14.7 Å². The van der Waals surface area contributed by atoms with Crippen LogP contribution in [0.25, 0.3) is 0 Å². The van der Waals surface area contributed by atoms with Crippen LogP contribution in [0.3, 0.4) is 0 Å². The molecule has 5 heteroatoms. The summed E-state index contributed by atoms with van der Waals surface area (Å²) in [4.78, 5) is 32.5. The van der Waals surface area contributed by atoms with Crippen molar-refractivity contribution in [2.75, 3.05) is 13.1 Å². The van der Waals surface area contributed by atoms with Gasteiger partial charge >= 0.3 is 0 Å². The molecule has 2 amide bonds. The van der Waals surface area contributed by atoms with Crippen molar-refractivity contribution in [3.05, 3.63) is 0 Å². The third-order valence-corrected chi connectivity index (χ3v) is 6.19. The molecule has 5 nitrogen and oxygen atoms in total. The van der Waals surface area contributed by atoms with Crippen molar-refractivity contribution in [2.45, 2.75) is 104 Å². The second-order valence-corrected chi connectivity index (χ2v) is 9.35. The van der Waals surface area contributed by atoms with Crippen LogP contribution >= 0.6 is 0 Å². The zero-order valence-corrected chi connectivity index (χ0v) is 19.1. The Morgan fingerprint density at radius 3 is 1.83 bits per heavy atom. The van der Waals surface area contributed by atoms with Crippen LogP contribution in [-0.2, 0) is 14.4 Å². The van der Waals surface area contributed by atoms with Gasteiger partial charge in [0.15, 0.2) is 0 Å². The van der Waals surface area contributed by atoms with E-state index in [9.17, 15) is 14.4 Å². The van der Waals surface area contributed by atoms with E-state index in [1.54, 1.807) is 0 Å². The minimum atomic E-state index is 0. The SMILES string of the molecule is CC1CCCC(=O)CC1.CC1CCCC(=O)NCC1.CC1CCCNC(=O)CC1.[HH].[HH]. The lowest BCUT2D eigenvalue weighted by molar-refractivity contribution is -0.122. The fourth-order valence-electron chi connectivity index (χ4n) is 3.91. The fraction of sp³-hybridized carbons (Fsp3) is 0.875. The second-order valence-electron chi connectivity index (χ2n) is 9.35. The lowest BCUT2D eigenvalue weighted by atomic mass is 9.98. The number of Topliss-reactive ketones (excluding diaryl/α,β-unsaturated/α-hetero) is 1. The van der Waals surface area contributed by atoms with Crippen LogP contribution in [-0.4, -0.2) is 30.7 Å². The number of amides is 2. The van der Waals surface area contributed by atoms with Crippen LogP contribution in [0.1, 0.15) is 107 Å². The van der Waals surface area contributed by atoms with Crippen molar-refractivity contribution in [1.82, 2.24) is 10.6 Å². The molecule has 2 heterocycles. The highest BCUT2D eigenvalue weighted by Crippen LogP contribution is 2.19. The molecule has 172 valence electrons. The van der Waals surface area contributed by atoms with Crippen LogP contribution in [0.5, 0.6) is 0 Å². The maximum Gasteiger partial charge on any atom is 0.220 e. The number of ketones is 1. The van der Waals surface area contributed by atoms with Gasteiger partial charge in [-0.2, -0.15) is 0 Å². The van der Waals surface area contributed by atoms with Gasteiger partial charge in [-0.25, -0.2) is 0 Å². The van der Waals surface area contributed by atoms with Crippen LogP contribution in [0, 0.1) is 17.8 Å². The number of carbonyl (C=O) groups excluding carboxylic acids is 3. The number of hydrogen-bond donors (Lipinski definition) is 2. The van der Waals surface area contributed by atoms with E-state index in [4.69, 9.17) is 0 Å². The Bertz CT molecular complexity index is 491. The molecule has 2 aliphatic heterocycles. The van der Waals surface area contributed by atoms with Gasteiger partial charge in [0.05, 0.1) is 0 Å². The summed E-state index contributed by atoms with van der Waals surface area (Å²) in [7, 11) is 0. The first-order chi connectivity index (χ1) is 13.9. The van der Waals surface area contributed by atoms with Gasteiger partial charge in [0.1, 0.15) is 5.78 Å². The normalized spacial score (nSPS) is 28.9. The molecule has 3 atom stereocenters. The lowest BCUT2D eigenvalue weighted by Gasteiger charge is -2.15. The Morgan fingerprint density at radius 2 is 1.10 bits per heavy atom. The van der Waals surface area contributed by atoms with Crippen molar-refractivity contribution in [2.24, 2.45) is 17.8 Å². The van der Waals surface area contributed by atoms with Crippen LogP contribution in [0.4, 0.5) is 0 Å². The highest BCUT2D eigenvalue weighted by molar-refractivity contribution is 5.78. The summed E-state index contributed by atoms with van der Waals surface area (Å²) in [6, 6.07) is 0. The summed E-state index contributed by atoms with van der Waals surface area (Å²) >= 11 is 0. The molecule has 0 aromatic heterocycles. The van der Waals surface area contributed by atoms with E-state index in [0.717, 1.165) is 95.1 Å². The van der Waals surface area contributed by atoms with Gasteiger partial charge in [-0.1, -0.05) is 33.6 Å². The van der Waals surface area contributed by atoms with Gasteiger partial charge in [0.25, 0.3) is 0 Å². The average Bonchev–Trinajstić information content (AvgIpc) is 2.85. The summed E-state index contributed by atoms with van der Waals surface area (Å²) in [5.41, 5.74) is 0. The summed E-state index contributed by atoms with van der Waals surface area (Å²) in [6.07, 6.45) is 13.5. The lowest BCUT2D eigenvalue weighted by Crippen LogP contribution is -2.27. The van der Waals surface area contributed by atoms with E-state index in [1.165, 1.54) is 19.3 Å². The molecule has 3 rings (SSSR count). The zero-order valence-electron chi connectivity index (χ0n) is 19.1. The van der Waals surface area contributed by atoms with E-state index >= 15 is 0 Å². The quantitative estimate of drug-likeness (QED) is 0.532. The van der Waals surface area contributed by atoms with E-state index < -0.39 is 0 Å². The summed E-state index contributed by atoms with van der Waals surface area (Å²) in [5, 5.41) is 5.74. The predicted octanol–water partition coefficient (Wildman–Crippen LogP) is 5.27. The maximum absolute atomic E-state index is 10.9. The second kappa shape index (κ2) is 15.4. The molecule has 3 fully saturated rings. The molecule has 2 saturated heterocycles. The van der Waals surface area contributed by atoms with Gasteiger partial charge in [0.2, 0.25) is 11.8 Å². The molecule has 0 aromatic rings. The first-order valence-electron chi connectivity index (χ1n) is 11.9. The minimum Gasteiger partial charge on any atom is -0.356 e. The van der Waals surface area contributed by atoms with E-state index in [1.807, 2.05) is 0 Å². The van der Waals surface area contributed by atoms with Gasteiger partial charge in [0, 0.05) is 41.6 Å². The number of rotatable bonds is 0. The molecule has 2 N–H and O–H groups in total. The standard InChI is InChI=1S/2C8H15NO.C8H14O.2H2/c1-7-3-2-6-9-8(10)5-4-7;1-7-3-2-4-8(10)9-6-5-7;1-7-3-2-4-8(9)6-5-7;;/h2*7H,2-6H2,1H3,(H,9,10);7H,2-6H2,1H3;2*1H. The van der Waals surface area contributed by atoms with Crippen LogP contribution in [0.15, 0.2) is 0 Å². The summed E-state index contributed by atoms with van der Waals surface area (Å²) < 4.78 is 0. The van der Waals surface area contributed by atoms with Gasteiger partial charge in [-0.05, 0) is 62.7 Å². The molecule has 0 bridgehead atoms. The molecule has 1 aliphatic carbocycles. The van der Waals surface area contributed by atoms with Crippen LogP contribution < -0.4 is 10.6 Å². The van der Waals surface area contributed by atoms with Crippen LogP contribution in [0.2, 0.25) is 0 Å². The Morgan fingerprint density at radius 1 is 0.586 bits per heavy atom. The van der Waals surface area contributed by atoms with Crippen molar-refractivity contribution < 1.29 is 17.2 Å². The number of hydrogen-bond acceptors (Lipinski definition) is 3. The Kier molecular flexibility index (Phi) is 13.7. The molecule has 29 heavy (non-hydrogen) atoms.